The third-order valence-electron chi connectivity index (χ3n) is 3.71. The van der Waals surface area contributed by atoms with Crippen molar-refractivity contribution in [1.82, 2.24) is 0 Å². The number of hydrogen-bond donors (Lipinski definition) is 1. The van der Waals surface area contributed by atoms with Crippen LogP contribution >= 0.6 is 0 Å². The van der Waals surface area contributed by atoms with Crippen molar-refractivity contribution in [3.63, 3.8) is 0 Å². The Hall–Kier alpha value is -2.35. The van der Waals surface area contributed by atoms with E-state index in [9.17, 15) is 9.50 Å². The minimum absolute atomic E-state index is 0.0544. The predicted octanol–water partition coefficient (Wildman–Crippen LogP) is 5.30. The van der Waals surface area contributed by atoms with Crippen LogP contribution in [0.3, 0.4) is 0 Å². The van der Waals surface area contributed by atoms with Crippen LogP contribution in [0.15, 0.2) is 54.6 Å². The Morgan fingerprint density at radius 2 is 1.67 bits per heavy atom. The topological polar surface area (TPSA) is 20.2 Å². The zero-order valence-corrected chi connectivity index (χ0v) is 11.9. The number of phenols is 1. The Kier molecular flexibility index (Phi) is 3.61. The first-order chi connectivity index (χ1) is 10.2. The molecule has 0 spiro atoms. The second-order valence-corrected chi connectivity index (χ2v) is 5.31. The number of aryl methyl sites for hydroxylation is 1. The lowest BCUT2D eigenvalue weighted by Gasteiger charge is -2.07. The van der Waals surface area contributed by atoms with E-state index in [1.807, 2.05) is 18.2 Å². The van der Waals surface area contributed by atoms with Gasteiger partial charge in [-0.25, -0.2) is 4.39 Å². The molecule has 1 N–H and O–H groups in total. The van der Waals surface area contributed by atoms with Crippen LogP contribution in [0.4, 0.5) is 4.39 Å². The number of phenolic OH excluding ortho intramolecular Hbond substituents is 1. The van der Waals surface area contributed by atoms with Gasteiger partial charge in [0.15, 0.2) is 0 Å². The molecule has 1 nitrogen and oxygen atoms in total. The Balaban J connectivity index is 2.06. The van der Waals surface area contributed by atoms with E-state index >= 15 is 0 Å². The normalized spacial score (nSPS) is 11.0. The summed E-state index contributed by atoms with van der Waals surface area (Å²) in [5.41, 5.74) is 2.66. The van der Waals surface area contributed by atoms with Gasteiger partial charge in [-0.15, -0.1) is 0 Å². The maximum atomic E-state index is 13.9. The average Bonchev–Trinajstić information content (AvgIpc) is 2.47. The number of halogens is 1. The summed E-state index contributed by atoms with van der Waals surface area (Å²) in [5.74, 6) is -0.460. The van der Waals surface area contributed by atoms with Crippen LogP contribution in [0.25, 0.3) is 21.9 Å². The fourth-order valence-electron chi connectivity index (χ4n) is 2.65. The van der Waals surface area contributed by atoms with Gasteiger partial charge in [0.25, 0.3) is 0 Å². The standard InChI is InChI=1S/C19H17FO/c1-2-3-13-4-5-15-11-16(7-6-14(15)10-13)18-9-8-17(21)12-19(18)20/h4-12,21H,2-3H2,1H3. The zero-order valence-electron chi connectivity index (χ0n) is 11.9. The van der Waals surface area contributed by atoms with Crippen molar-refractivity contribution in [2.45, 2.75) is 19.8 Å². The molecule has 0 aliphatic rings. The largest absolute Gasteiger partial charge is 0.508 e. The monoisotopic (exact) mass is 280 g/mol. The SMILES string of the molecule is CCCc1ccc2cc(-c3ccc(O)cc3F)ccc2c1. The smallest absolute Gasteiger partial charge is 0.134 e. The number of rotatable bonds is 3. The Morgan fingerprint density at radius 1 is 0.905 bits per heavy atom. The first kappa shape index (κ1) is 13.6. The zero-order chi connectivity index (χ0) is 14.8. The predicted molar refractivity (Wildman–Crippen MR) is 85.0 cm³/mol. The lowest BCUT2D eigenvalue weighted by Crippen LogP contribution is -1.86. The fraction of sp³-hybridized carbons (Fsp3) is 0.158. The summed E-state index contributed by atoms with van der Waals surface area (Å²) in [6, 6.07) is 16.6. The molecule has 2 heteroatoms. The van der Waals surface area contributed by atoms with Crippen LogP contribution in [0.5, 0.6) is 5.75 Å². The van der Waals surface area contributed by atoms with Gasteiger partial charge in [-0.05, 0) is 46.5 Å². The van der Waals surface area contributed by atoms with Gasteiger partial charge >= 0.3 is 0 Å². The van der Waals surface area contributed by atoms with Gasteiger partial charge in [0.1, 0.15) is 11.6 Å². The summed E-state index contributed by atoms with van der Waals surface area (Å²) in [4.78, 5) is 0. The molecule has 0 radical (unpaired) electrons. The van der Waals surface area contributed by atoms with E-state index in [1.165, 1.54) is 17.0 Å². The van der Waals surface area contributed by atoms with Crippen LogP contribution in [-0.2, 0) is 6.42 Å². The molecule has 0 saturated carbocycles. The van der Waals surface area contributed by atoms with Crippen LogP contribution in [0.2, 0.25) is 0 Å². The molecular formula is C19H17FO. The minimum Gasteiger partial charge on any atom is -0.508 e. The summed E-state index contributed by atoms with van der Waals surface area (Å²) >= 11 is 0. The van der Waals surface area contributed by atoms with Crippen LogP contribution in [0.1, 0.15) is 18.9 Å². The lowest BCUT2D eigenvalue weighted by molar-refractivity contribution is 0.469. The summed E-state index contributed by atoms with van der Waals surface area (Å²) in [7, 11) is 0. The van der Waals surface area contributed by atoms with E-state index in [4.69, 9.17) is 0 Å². The molecule has 3 aromatic carbocycles. The summed E-state index contributed by atoms with van der Waals surface area (Å²) in [6.07, 6.45) is 2.20. The van der Waals surface area contributed by atoms with Crippen molar-refractivity contribution in [2.75, 3.05) is 0 Å². The van der Waals surface area contributed by atoms with E-state index in [0.29, 0.717) is 5.56 Å². The highest BCUT2D eigenvalue weighted by atomic mass is 19.1. The lowest BCUT2D eigenvalue weighted by atomic mass is 9.98. The maximum Gasteiger partial charge on any atom is 0.134 e. The van der Waals surface area contributed by atoms with Gasteiger partial charge < -0.3 is 5.11 Å². The quantitative estimate of drug-likeness (QED) is 0.690. The van der Waals surface area contributed by atoms with Crippen LogP contribution in [0, 0.1) is 5.82 Å². The van der Waals surface area contributed by atoms with Crippen molar-refractivity contribution >= 4 is 10.8 Å². The van der Waals surface area contributed by atoms with Gasteiger partial charge in [0.2, 0.25) is 0 Å². The highest BCUT2D eigenvalue weighted by molar-refractivity contribution is 5.88. The molecule has 0 aliphatic carbocycles. The number of benzene rings is 3. The Morgan fingerprint density at radius 3 is 2.43 bits per heavy atom. The molecule has 0 amide bonds. The molecule has 3 aromatic rings. The van der Waals surface area contributed by atoms with E-state index in [-0.39, 0.29) is 5.75 Å². The van der Waals surface area contributed by atoms with E-state index in [2.05, 4.69) is 25.1 Å². The molecule has 0 heterocycles. The van der Waals surface area contributed by atoms with Gasteiger partial charge in [0.05, 0.1) is 0 Å². The van der Waals surface area contributed by atoms with Crippen LogP contribution in [-0.4, -0.2) is 5.11 Å². The van der Waals surface area contributed by atoms with Gasteiger partial charge in [-0.1, -0.05) is 43.7 Å². The van der Waals surface area contributed by atoms with Crippen molar-refractivity contribution in [1.29, 1.82) is 0 Å². The van der Waals surface area contributed by atoms with Crippen molar-refractivity contribution in [3.05, 3.63) is 66.0 Å². The molecule has 0 unspecified atom stereocenters. The second-order valence-electron chi connectivity index (χ2n) is 5.31. The highest BCUT2D eigenvalue weighted by Gasteiger charge is 2.07. The van der Waals surface area contributed by atoms with Crippen molar-refractivity contribution in [3.8, 4) is 16.9 Å². The van der Waals surface area contributed by atoms with E-state index in [1.54, 1.807) is 6.07 Å². The minimum atomic E-state index is -0.406. The molecule has 0 aliphatic heterocycles. The molecular weight excluding hydrogens is 263 g/mol. The second kappa shape index (κ2) is 5.57. The molecule has 0 saturated heterocycles. The summed E-state index contributed by atoms with van der Waals surface area (Å²) in [6.45, 7) is 2.17. The Labute approximate surface area is 123 Å². The van der Waals surface area contributed by atoms with Gasteiger partial charge in [-0.3, -0.25) is 0 Å². The third kappa shape index (κ3) is 2.75. The Bertz CT molecular complexity index is 793. The summed E-state index contributed by atoms with van der Waals surface area (Å²) < 4.78 is 13.9. The molecule has 106 valence electrons. The molecule has 3 rings (SSSR count). The van der Waals surface area contributed by atoms with E-state index < -0.39 is 5.82 Å². The van der Waals surface area contributed by atoms with Gasteiger partial charge in [-0.2, -0.15) is 0 Å². The number of aromatic hydroxyl groups is 1. The first-order valence-corrected chi connectivity index (χ1v) is 7.19. The molecule has 0 fully saturated rings. The first-order valence-electron chi connectivity index (χ1n) is 7.19. The number of fused-ring (bicyclic) bond motifs is 1. The molecule has 0 atom stereocenters. The third-order valence-corrected chi connectivity index (χ3v) is 3.71. The average molecular weight is 280 g/mol. The van der Waals surface area contributed by atoms with E-state index in [0.717, 1.165) is 29.9 Å². The molecule has 21 heavy (non-hydrogen) atoms. The fourth-order valence-corrected chi connectivity index (χ4v) is 2.65. The van der Waals surface area contributed by atoms with Gasteiger partial charge in [0, 0.05) is 11.6 Å². The number of hydrogen-bond acceptors (Lipinski definition) is 1. The summed E-state index contributed by atoms with van der Waals surface area (Å²) in [5, 5.41) is 11.6. The van der Waals surface area contributed by atoms with Crippen LogP contribution < -0.4 is 0 Å². The molecule has 0 aromatic heterocycles. The molecule has 0 bridgehead atoms. The van der Waals surface area contributed by atoms with Crippen molar-refractivity contribution in [2.24, 2.45) is 0 Å². The highest BCUT2D eigenvalue weighted by Crippen LogP contribution is 2.29. The van der Waals surface area contributed by atoms with Crippen molar-refractivity contribution < 1.29 is 9.50 Å². The maximum absolute atomic E-state index is 13.9.